The van der Waals surface area contributed by atoms with E-state index < -0.39 is 5.56 Å². The molecule has 3 rings (SSSR count). The van der Waals surface area contributed by atoms with Gasteiger partial charge < -0.3 is 4.42 Å². The number of nitrogens with one attached hydrogen (secondary N) is 2. The zero-order valence-electron chi connectivity index (χ0n) is 14.7. The van der Waals surface area contributed by atoms with E-state index >= 15 is 0 Å². The molecule has 0 saturated carbocycles. The number of hydrogen-bond donors (Lipinski definition) is 2. The molecule has 0 fully saturated rings. The van der Waals surface area contributed by atoms with Crippen LogP contribution in [0.1, 0.15) is 17.0 Å². The Morgan fingerprint density at radius 2 is 2.12 bits per heavy atom. The molecule has 0 atom stereocenters. The van der Waals surface area contributed by atoms with E-state index in [0.717, 1.165) is 5.56 Å². The number of carbonyl (C=O) groups excluding carboxylic acids is 1. The quantitative estimate of drug-likeness (QED) is 0.716. The fraction of sp³-hybridized carbons (Fsp3) is 0.278. The van der Waals surface area contributed by atoms with Crippen LogP contribution in [0.15, 0.2) is 33.5 Å². The molecule has 0 aliphatic heterocycles. The summed E-state index contributed by atoms with van der Waals surface area (Å²) >= 11 is 5.98. The van der Waals surface area contributed by atoms with Gasteiger partial charge in [-0.05, 0) is 38.6 Å². The molecule has 0 saturated heterocycles. The SMILES string of the molecule is Cc1n[nH]c(=O)c2c(NC(=O)CN(C)Cc3cccc(Cl)c3)oc(C)c12. The number of benzene rings is 1. The maximum Gasteiger partial charge on any atom is 0.277 e. The van der Waals surface area contributed by atoms with E-state index in [4.69, 9.17) is 16.0 Å². The van der Waals surface area contributed by atoms with Gasteiger partial charge in [0, 0.05) is 11.6 Å². The Morgan fingerprint density at radius 3 is 2.85 bits per heavy atom. The largest absolute Gasteiger partial charge is 0.444 e. The second-order valence-electron chi connectivity index (χ2n) is 6.23. The first-order valence-electron chi connectivity index (χ1n) is 8.06. The summed E-state index contributed by atoms with van der Waals surface area (Å²) in [6.45, 7) is 4.20. The maximum atomic E-state index is 12.4. The fourth-order valence-corrected chi connectivity index (χ4v) is 3.16. The van der Waals surface area contributed by atoms with E-state index in [1.54, 1.807) is 19.9 Å². The molecule has 2 heterocycles. The van der Waals surface area contributed by atoms with Gasteiger partial charge in [0.25, 0.3) is 5.56 Å². The van der Waals surface area contributed by atoms with E-state index in [-0.39, 0.29) is 18.3 Å². The second-order valence-corrected chi connectivity index (χ2v) is 6.66. The number of rotatable bonds is 5. The Hall–Kier alpha value is -2.64. The van der Waals surface area contributed by atoms with Crippen molar-refractivity contribution in [3.8, 4) is 0 Å². The van der Waals surface area contributed by atoms with Crippen molar-refractivity contribution >= 4 is 34.2 Å². The normalized spacial score (nSPS) is 11.3. The van der Waals surface area contributed by atoms with Crippen molar-refractivity contribution in [3.05, 3.63) is 56.7 Å². The lowest BCUT2D eigenvalue weighted by atomic mass is 10.2. The third-order valence-corrected chi connectivity index (χ3v) is 4.24. The third kappa shape index (κ3) is 3.79. The summed E-state index contributed by atoms with van der Waals surface area (Å²) in [5, 5.41) is 10.6. The van der Waals surface area contributed by atoms with Gasteiger partial charge in [-0.3, -0.25) is 19.8 Å². The number of amides is 1. The number of likely N-dealkylation sites (N-methyl/N-ethyl adjacent to an activating group) is 1. The van der Waals surface area contributed by atoms with Crippen molar-refractivity contribution in [1.29, 1.82) is 0 Å². The first kappa shape index (κ1) is 18.2. The van der Waals surface area contributed by atoms with E-state index in [1.165, 1.54) is 0 Å². The van der Waals surface area contributed by atoms with Crippen LogP contribution >= 0.6 is 11.6 Å². The lowest BCUT2D eigenvalue weighted by Crippen LogP contribution is -2.30. The molecule has 0 bridgehead atoms. The molecule has 7 nitrogen and oxygen atoms in total. The average Bonchev–Trinajstić information content (AvgIpc) is 2.88. The van der Waals surface area contributed by atoms with Crippen LogP contribution in [0.5, 0.6) is 0 Å². The van der Waals surface area contributed by atoms with Crippen LogP contribution in [0.25, 0.3) is 10.8 Å². The minimum absolute atomic E-state index is 0.135. The zero-order chi connectivity index (χ0) is 18.8. The van der Waals surface area contributed by atoms with Crippen molar-refractivity contribution in [2.24, 2.45) is 0 Å². The highest BCUT2D eigenvalue weighted by Gasteiger charge is 2.19. The fourth-order valence-electron chi connectivity index (χ4n) is 2.95. The number of H-pyrrole nitrogens is 1. The molecule has 8 heteroatoms. The number of carbonyl (C=O) groups is 1. The topological polar surface area (TPSA) is 91.2 Å². The molecule has 0 unspecified atom stereocenters. The van der Waals surface area contributed by atoms with Crippen molar-refractivity contribution in [2.75, 3.05) is 18.9 Å². The molecule has 2 N–H and O–H groups in total. The van der Waals surface area contributed by atoms with Crippen LogP contribution in [-0.4, -0.2) is 34.6 Å². The van der Waals surface area contributed by atoms with Gasteiger partial charge in [-0.25, -0.2) is 5.10 Å². The van der Waals surface area contributed by atoms with Crippen molar-refractivity contribution < 1.29 is 9.21 Å². The van der Waals surface area contributed by atoms with Gasteiger partial charge in [0.2, 0.25) is 11.8 Å². The van der Waals surface area contributed by atoms with Gasteiger partial charge in [-0.15, -0.1) is 0 Å². The Kier molecular flexibility index (Phi) is 5.11. The van der Waals surface area contributed by atoms with Gasteiger partial charge in [-0.2, -0.15) is 5.10 Å². The van der Waals surface area contributed by atoms with Gasteiger partial charge in [0.15, 0.2) is 0 Å². The average molecular weight is 375 g/mol. The maximum absolute atomic E-state index is 12.4. The van der Waals surface area contributed by atoms with E-state index in [9.17, 15) is 9.59 Å². The second kappa shape index (κ2) is 7.31. The zero-order valence-corrected chi connectivity index (χ0v) is 15.5. The molecule has 26 heavy (non-hydrogen) atoms. The number of hydrogen-bond acceptors (Lipinski definition) is 5. The Balaban J connectivity index is 1.73. The summed E-state index contributed by atoms with van der Waals surface area (Å²) in [7, 11) is 1.83. The van der Waals surface area contributed by atoms with E-state index in [0.29, 0.717) is 33.8 Å². The minimum atomic E-state index is -0.398. The van der Waals surface area contributed by atoms with Crippen molar-refractivity contribution in [3.63, 3.8) is 0 Å². The monoisotopic (exact) mass is 374 g/mol. The highest BCUT2D eigenvalue weighted by molar-refractivity contribution is 6.30. The summed E-state index contributed by atoms with van der Waals surface area (Å²) in [6.07, 6.45) is 0. The van der Waals surface area contributed by atoms with Crippen LogP contribution in [0.2, 0.25) is 5.02 Å². The molecule has 0 aliphatic carbocycles. The molecule has 3 aromatic rings. The predicted octanol–water partition coefficient (Wildman–Crippen LogP) is 2.86. The number of halogens is 1. The lowest BCUT2D eigenvalue weighted by Gasteiger charge is -2.16. The first-order chi connectivity index (χ1) is 12.3. The Morgan fingerprint density at radius 1 is 1.35 bits per heavy atom. The predicted molar refractivity (Wildman–Crippen MR) is 101 cm³/mol. The van der Waals surface area contributed by atoms with Crippen LogP contribution in [0.3, 0.4) is 0 Å². The summed E-state index contributed by atoms with van der Waals surface area (Å²) < 4.78 is 5.59. The number of furan rings is 1. The summed E-state index contributed by atoms with van der Waals surface area (Å²) in [5.74, 6) is 0.406. The molecule has 0 spiro atoms. The highest BCUT2D eigenvalue weighted by Crippen LogP contribution is 2.28. The standard InChI is InChI=1S/C18H19ClN4O3/c1-10-15-11(2)26-18(16(15)17(25)22-21-10)20-14(24)9-23(3)8-12-5-4-6-13(19)7-12/h4-7H,8-9H2,1-3H3,(H,20,24)(H,22,25). The highest BCUT2D eigenvalue weighted by atomic mass is 35.5. The number of aromatic nitrogens is 2. The number of aryl methyl sites for hydroxylation is 2. The Bertz CT molecular complexity index is 1020. The third-order valence-electron chi connectivity index (χ3n) is 4.01. The molecule has 0 radical (unpaired) electrons. The number of nitrogens with zero attached hydrogens (tertiary/aromatic N) is 2. The van der Waals surface area contributed by atoms with Gasteiger partial charge >= 0.3 is 0 Å². The first-order valence-corrected chi connectivity index (χ1v) is 8.44. The van der Waals surface area contributed by atoms with Crippen molar-refractivity contribution in [2.45, 2.75) is 20.4 Å². The smallest absolute Gasteiger partial charge is 0.277 e. The Labute approximate surface area is 154 Å². The molecular formula is C18H19ClN4O3. The number of anilines is 1. The number of aromatic amines is 1. The van der Waals surface area contributed by atoms with Gasteiger partial charge in [-0.1, -0.05) is 23.7 Å². The molecule has 136 valence electrons. The summed E-state index contributed by atoms with van der Waals surface area (Å²) in [4.78, 5) is 26.3. The van der Waals surface area contributed by atoms with Crippen LogP contribution in [0.4, 0.5) is 5.88 Å². The van der Waals surface area contributed by atoms with Crippen LogP contribution < -0.4 is 10.9 Å². The van der Waals surface area contributed by atoms with Gasteiger partial charge in [0.1, 0.15) is 11.1 Å². The molecule has 1 aromatic carbocycles. The molecule has 2 aromatic heterocycles. The summed E-state index contributed by atoms with van der Waals surface area (Å²) in [6, 6.07) is 7.47. The van der Waals surface area contributed by atoms with Crippen molar-refractivity contribution in [1.82, 2.24) is 15.1 Å². The van der Waals surface area contributed by atoms with E-state index in [1.807, 2.05) is 30.1 Å². The van der Waals surface area contributed by atoms with Gasteiger partial charge in [0.05, 0.1) is 17.6 Å². The lowest BCUT2D eigenvalue weighted by molar-refractivity contribution is -0.117. The van der Waals surface area contributed by atoms with E-state index in [2.05, 4.69) is 15.5 Å². The molecule has 0 aliphatic rings. The molecule has 1 amide bonds. The number of fused-ring (bicyclic) bond motifs is 1. The minimum Gasteiger partial charge on any atom is -0.444 e. The molecular weight excluding hydrogens is 356 g/mol. The summed E-state index contributed by atoms with van der Waals surface area (Å²) in [5.41, 5.74) is 1.25. The van der Waals surface area contributed by atoms with Crippen LogP contribution in [-0.2, 0) is 11.3 Å². The van der Waals surface area contributed by atoms with Crippen LogP contribution in [0, 0.1) is 13.8 Å².